The lowest BCUT2D eigenvalue weighted by atomic mass is 10.3. The van der Waals surface area contributed by atoms with E-state index >= 15 is 0 Å². The summed E-state index contributed by atoms with van der Waals surface area (Å²) in [4.78, 5) is 22.6. The van der Waals surface area contributed by atoms with Crippen LogP contribution in [0.1, 0.15) is 24.3 Å². The SMILES string of the molecule is CC(C)NC(=O)c1ccnc(NCCN2CCOCC2)n1. The molecule has 0 spiro atoms. The van der Waals surface area contributed by atoms with Gasteiger partial charge in [0.1, 0.15) is 5.69 Å². The number of nitrogens with zero attached hydrogens (tertiary/aromatic N) is 3. The van der Waals surface area contributed by atoms with Crippen molar-refractivity contribution in [1.29, 1.82) is 0 Å². The van der Waals surface area contributed by atoms with Gasteiger partial charge in [-0.05, 0) is 19.9 Å². The highest BCUT2D eigenvalue weighted by molar-refractivity contribution is 5.92. The van der Waals surface area contributed by atoms with Crippen LogP contribution in [0, 0.1) is 0 Å². The van der Waals surface area contributed by atoms with Gasteiger partial charge >= 0.3 is 0 Å². The van der Waals surface area contributed by atoms with Gasteiger partial charge in [0.05, 0.1) is 13.2 Å². The summed E-state index contributed by atoms with van der Waals surface area (Å²) < 4.78 is 5.31. The highest BCUT2D eigenvalue weighted by Gasteiger charge is 2.11. The van der Waals surface area contributed by atoms with E-state index in [9.17, 15) is 4.79 Å². The van der Waals surface area contributed by atoms with E-state index in [1.54, 1.807) is 12.3 Å². The first-order chi connectivity index (χ1) is 10.1. The van der Waals surface area contributed by atoms with Gasteiger partial charge in [-0.15, -0.1) is 0 Å². The molecule has 7 heteroatoms. The van der Waals surface area contributed by atoms with E-state index in [0.717, 1.165) is 39.4 Å². The van der Waals surface area contributed by atoms with Crippen LogP contribution in [-0.4, -0.2) is 66.2 Å². The minimum Gasteiger partial charge on any atom is -0.379 e. The van der Waals surface area contributed by atoms with Gasteiger partial charge in [-0.3, -0.25) is 9.69 Å². The number of rotatable bonds is 6. The Morgan fingerprint density at radius 2 is 2.19 bits per heavy atom. The maximum Gasteiger partial charge on any atom is 0.270 e. The maximum atomic E-state index is 11.9. The standard InChI is InChI=1S/C14H23N5O2/c1-11(2)17-13(20)12-3-4-15-14(18-12)16-5-6-19-7-9-21-10-8-19/h3-4,11H,5-10H2,1-2H3,(H,17,20)(H,15,16,18). The fourth-order valence-electron chi connectivity index (χ4n) is 2.06. The minimum absolute atomic E-state index is 0.0881. The summed E-state index contributed by atoms with van der Waals surface area (Å²) in [6.45, 7) is 8.99. The summed E-state index contributed by atoms with van der Waals surface area (Å²) in [7, 11) is 0. The van der Waals surface area contributed by atoms with Crippen molar-refractivity contribution < 1.29 is 9.53 Å². The van der Waals surface area contributed by atoms with Crippen LogP contribution in [0.2, 0.25) is 0 Å². The van der Waals surface area contributed by atoms with Crippen LogP contribution in [0.25, 0.3) is 0 Å². The summed E-state index contributed by atoms with van der Waals surface area (Å²) in [5.74, 6) is 0.309. The van der Waals surface area contributed by atoms with E-state index in [0.29, 0.717) is 11.6 Å². The van der Waals surface area contributed by atoms with Gasteiger partial charge in [0.25, 0.3) is 5.91 Å². The molecule has 1 fully saturated rings. The molecule has 1 aromatic rings. The molecule has 1 aromatic heterocycles. The molecule has 7 nitrogen and oxygen atoms in total. The zero-order valence-corrected chi connectivity index (χ0v) is 12.6. The van der Waals surface area contributed by atoms with Gasteiger partial charge in [0.15, 0.2) is 0 Å². The quantitative estimate of drug-likeness (QED) is 0.788. The molecule has 116 valence electrons. The molecular formula is C14H23N5O2. The second-order valence-electron chi connectivity index (χ2n) is 5.27. The molecule has 1 amide bonds. The van der Waals surface area contributed by atoms with Crippen molar-refractivity contribution in [2.24, 2.45) is 0 Å². The number of ether oxygens (including phenoxy) is 1. The number of amides is 1. The number of nitrogens with one attached hydrogen (secondary N) is 2. The van der Waals surface area contributed by atoms with Crippen molar-refractivity contribution in [1.82, 2.24) is 20.2 Å². The van der Waals surface area contributed by atoms with Crippen molar-refractivity contribution >= 4 is 11.9 Å². The zero-order valence-electron chi connectivity index (χ0n) is 12.6. The third kappa shape index (κ3) is 5.28. The van der Waals surface area contributed by atoms with Crippen LogP contribution in [0.5, 0.6) is 0 Å². The molecule has 0 bridgehead atoms. The maximum absolute atomic E-state index is 11.9. The van der Waals surface area contributed by atoms with Gasteiger partial charge in [0.2, 0.25) is 5.95 Å². The molecule has 0 aliphatic carbocycles. The lowest BCUT2D eigenvalue weighted by Crippen LogP contribution is -2.39. The molecule has 21 heavy (non-hydrogen) atoms. The number of carbonyl (C=O) groups excluding carboxylic acids is 1. The Morgan fingerprint density at radius 3 is 2.90 bits per heavy atom. The van der Waals surface area contributed by atoms with Gasteiger partial charge in [-0.2, -0.15) is 0 Å². The summed E-state index contributed by atoms with van der Waals surface area (Å²) in [5, 5.41) is 5.97. The third-order valence-corrected chi connectivity index (χ3v) is 3.12. The third-order valence-electron chi connectivity index (χ3n) is 3.12. The van der Waals surface area contributed by atoms with Gasteiger partial charge < -0.3 is 15.4 Å². The Morgan fingerprint density at radius 1 is 1.43 bits per heavy atom. The molecule has 0 atom stereocenters. The Labute approximate surface area is 125 Å². The van der Waals surface area contributed by atoms with Crippen LogP contribution in [0.4, 0.5) is 5.95 Å². The number of hydrogen-bond donors (Lipinski definition) is 2. The average Bonchev–Trinajstić information content (AvgIpc) is 2.48. The fourth-order valence-corrected chi connectivity index (χ4v) is 2.06. The number of aromatic nitrogens is 2. The van der Waals surface area contributed by atoms with Crippen molar-refractivity contribution in [2.75, 3.05) is 44.7 Å². The van der Waals surface area contributed by atoms with Crippen LogP contribution in [-0.2, 0) is 4.74 Å². The normalized spacial score (nSPS) is 16.0. The van der Waals surface area contributed by atoms with E-state index in [2.05, 4.69) is 25.5 Å². The van der Waals surface area contributed by atoms with Crippen molar-refractivity contribution in [3.05, 3.63) is 18.0 Å². The number of carbonyl (C=O) groups is 1. The second-order valence-corrected chi connectivity index (χ2v) is 5.27. The van der Waals surface area contributed by atoms with Crippen LogP contribution in [0.15, 0.2) is 12.3 Å². The van der Waals surface area contributed by atoms with Crippen molar-refractivity contribution in [3.8, 4) is 0 Å². The Balaban J connectivity index is 1.81. The van der Waals surface area contributed by atoms with Crippen LogP contribution >= 0.6 is 0 Å². The van der Waals surface area contributed by atoms with E-state index < -0.39 is 0 Å². The lowest BCUT2D eigenvalue weighted by molar-refractivity contribution is 0.0398. The second kappa shape index (κ2) is 7.90. The molecule has 1 saturated heterocycles. The minimum atomic E-state index is -0.177. The Bertz CT molecular complexity index is 460. The van der Waals surface area contributed by atoms with E-state index in [-0.39, 0.29) is 11.9 Å². The fraction of sp³-hybridized carbons (Fsp3) is 0.643. The molecule has 1 aliphatic rings. The smallest absolute Gasteiger partial charge is 0.270 e. The molecule has 0 aromatic carbocycles. The first-order valence-electron chi connectivity index (χ1n) is 7.33. The topological polar surface area (TPSA) is 79.4 Å². The largest absolute Gasteiger partial charge is 0.379 e. The van der Waals surface area contributed by atoms with Crippen molar-refractivity contribution in [3.63, 3.8) is 0 Å². The summed E-state index contributed by atoms with van der Waals surface area (Å²) in [6.07, 6.45) is 1.60. The van der Waals surface area contributed by atoms with Crippen LogP contribution in [0.3, 0.4) is 0 Å². The van der Waals surface area contributed by atoms with Gasteiger partial charge in [0, 0.05) is 38.4 Å². The van der Waals surface area contributed by atoms with Gasteiger partial charge in [-0.1, -0.05) is 0 Å². The molecular weight excluding hydrogens is 270 g/mol. The highest BCUT2D eigenvalue weighted by Crippen LogP contribution is 2.02. The molecule has 0 radical (unpaired) electrons. The lowest BCUT2D eigenvalue weighted by Gasteiger charge is -2.26. The number of anilines is 1. The average molecular weight is 293 g/mol. The Hall–Kier alpha value is -1.73. The van der Waals surface area contributed by atoms with E-state index in [1.807, 2.05) is 13.8 Å². The molecule has 1 aliphatic heterocycles. The monoisotopic (exact) mass is 293 g/mol. The first kappa shape index (κ1) is 15.7. The van der Waals surface area contributed by atoms with Crippen LogP contribution < -0.4 is 10.6 Å². The Kier molecular flexibility index (Phi) is 5.89. The van der Waals surface area contributed by atoms with E-state index in [4.69, 9.17) is 4.74 Å². The molecule has 0 saturated carbocycles. The summed E-state index contributed by atoms with van der Waals surface area (Å²) >= 11 is 0. The number of hydrogen-bond acceptors (Lipinski definition) is 6. The molecule has 0 unspecified atom stereocenters. The number of morpholine rings is 1. The molecule has 2 N–H and O–H groups in total. The predicted octanol–water partition coefficient (Wildman–Crippen LogP) is 0.359. The van der Waals surface area contributed by atoms with Crippen molar-refractivity contribution in [2.45, 2.75) is 19.9 Å². The summed E-state index contributed by atoms with van der Waals surface area (Å²) in [6, 6.07) is 1.70. The highest BCUT2D eigenvalue weighted by atomic mass is 16.5. The molecule has 2 heterocycles. The van der Waals surface area contributed by atoms with E-state index in [1.165, 1.54) is 0 Å². The zero-order chi connectivity index (χ0) is 15.1. The predicted molar refractivity (Wildman–Crippen MR) is 80.4 cm³/mol. The first-order valence-corrected chi connectivity index (χ1v) is 7.33. The molecule has 2 rings (SSSR count). The van der Waals surface area contributed by atoms with Gasteiger partial charge in [-0.25, -0.2) is 9.97 Å². The summed E-state index contributed by atoms with van der Waals surface area (Å²) in [5.41, 5.74) is 0.382.